The van der Waals surface area contributed by atoms with Gasteiger partial charge in [0.1, 0.15) is 5.60 Å². The summed E-state index contributed by atoms with van der Waals surface area (Å²) < 4.78 is 47.4. The molecule has 1 fully saturated rings. The van der Waals surface area contributed by atoms with Crippen LogP contribution in [0.4, 0.5) is 13.2 Å². The molecule has 2 aromatic rings. The number of nitrogens with zero attached hydrogens (tertiary/aromatic N) is 2. The maximum Gasteiger partial charge on any atom is 0.417 e. The third-order valence-corrected chi connectivity index (χ3v) is 6.37. The van der Waals surface area contributed by atoms with Gasteiger partial charge >= 0.3 is 6.18 Å². The SMILES string of the molecule is CC(C)C(=O)N[C@@H]1CC2(C)OC1(C)c1c2c(O)n(-c2ccc(C#N)c(C(F)(F)F)c2)c1O. The van der Waals surface area contributed by atoms with E-state index in [1.165, 1.54) is 12.1 Å². The number of nitrogens with one attached hydrogen (secondary N) is 1. The highest BCUT2D eigenvalue weighted by Gasteiger charge is 2.65. The fraction of sp³-hybridized carbons (Fsp3) is 0.455. The normalized spacial score (nSPS) is 26.3. The van der Waals surface area contributed by atoms with Gasteiger partial charge < -0.3 is 20.3 Å². The second-order valence-corrected chi connectivity index (χ2v) is 8.93. The van der Waals surface area contributed by atoms with E-state index in [9.17, 15) is 28.2 Å². The number of rotatable bonds is 3. The molecule has 4 rings (SSSR count). The molecule has 3 atom stereocenters. The third-order valence-electron chi connectivity index (χ3n) is 6.37. The zero-order valence-electron chi connectivity index (χ0n) is 17.8. The minimum absolute atomic E-state index is 0.157. The lowest BCUT2D eigenvalue weighted by Gasteiger charge is -2.31. The number of carbonyl (C=O) groups excluding carboxylic acids is 1. The minimum Gasteiger partial charge on any atom is -0.494 e. The summed E-state index contributed by atoms with van der Waals surface area (Å²) in [4.78, 5) is 12.3. The van der Waals surface area contributed by atoms with E-state index in [1.54, 1.807) is 27.7 Å². The molecule has 2 aliphatic rings. The van der Waals surface area contributed by atoms with Gasteiger partial charge in [0.25, 0.3) is 0 Å². The van der Waals surface area contributed by atoms with E-state index in [1.807, 2.05) is 0 Å². The van der Waals surface area contributed by atoms with Crippen LogP contribution in [0.1, 0.15) is 56.4 Å². The van der Waals surface area contributed by atoms with Gasteiger partial charge in [0, 0.05) is 12.3 Å². The van der Waals surface area contributed by atoms with Crippen LogP contribution in [0.15, 0.2) is 18.2 Å². The predicted octanol–water partition coefficient (Wildman–Crippen LogP) is 3.78. The van der Waals surface area contributed by atoms with Gasteiger partial charge in [-0.25, -0.2) is 0 Å². The lowest BCUT2D eigenvalue weighted by Crippen LogP contribution is -2.48. The van der Waals surface area contributed by atoms with E-state index >= 15 is 0 Å². The van der Waals surface area contributed by atoms with Gasteiger partial charge in [-0.3, -0.25) is 9.36 Å². The summed E-state index contributed by atoms with van der Waals surface area (Å²) in [5, 5.41) is 33.9. The van der Waals surface area contributed by atoms with E-state index in [2.05, 4.69) is 5.32 Å². The van der Waals surface area contributed by atoms with Crippen LogP contribution in [0.5, 0.6) is 11.8 Å². The van der Waals surface area contributed by atoms with Crippen molar-refractivity contribution in [2.24, 2.45) is 5.92 Å². The van der Waals surface area contributed by atoms with E-state index in [4.69, 9.17) is 10.00 Å². The molecular formula is C22H22F3N3O4. The first-order chi connectivity index (χ1) is 14.7. The number of carbonyl (C=O) groups is 1. The number of halogens is 3. The number of nitriles is 1. The number of alkyl halides is 3. The van der Waals surface area contributed by atoms with Crippen LogP contribution >= 0.6 is 0 Å². The number of aromatic hydroxyl groups is 2. The maximum atomic E-state index is 13.4. The maximum absolute atomic E-state index is 13.4. The first-order valence-corrected chi connectivity index (χ1v) is 10.0. The molecule has 0 aliphatic carbocycles. The summed E-state index contributed by atoms with van der Waals surface area (Å²) in [6, 6.07) is 3.90. The molecule has 1 saturated heterocycles. The zero-order valence-corrected chi connectivity index (χ0v) is 17.8. The van der Waals surface area contributed by atoms with E-state index in [-0.39, 0.29) is 28.6 Å². The number of ether oxygens (including phenoxy) is 1. The van der Waals surface area contributed by atoms with E-state index in [0.717, 1.165) is 10.6 Å². The van der Waals surface area contributed by atoms with Crippen molar-refractivity contribution in [2.75, 3.05) is 0 Å². The van der Waals surface area contributed by atoms with Crippen LogP contribution in [-0.4, -0.2) is 26.7 Å². The predicted molar refractivity (Wildman–Crippen MR) is 106 cm³/mol. The second-order valence-electron chi connectivity index (χ2n) is 8.93. The Labute approximate surface area is 182 Å². The zero-order chi connectivity index (χ0) is 23.8. The number of hydrogen-bond acceptors (Lipinski definition) is 5. The summed E-state index contributed by atoms with van der Waals surface area (Å²) in [5.41, 5.74) is -3.68. The van der Waals surface area contributed by atoms with Gasteiger partial charge in [-0.15, -0.1) is 0 Å². The fourth-order valence-electron chi connectivity index (χ4n) is 4.84. The summed E-state index contributed by atoms with van der Waals surface area (Å²) >= 11 is 0. The molecule has 0 radical (unpaired) electrons. The van der Waals surface area contributed by atoms with Crippen LogP contribution < -0.4 is 5.32 Å². The Balaban J connectivity index is 1.87. The van der Waals surface area contributed by atoms with Gasteiger partial charge in [-0.05, 0) is 32.0 Å². The van der Waals surface area contributed by atoms with Crippen molar-refractivity contribution in [3.8, 4) is 23.5 Å². The molecule has 1 amide bonds. The molecule has 3 N–H and O–H groups in total. The summed E-state index contributed by atoms with van der Waals surface area (Å²) in [5.74, 6) is -1.42. The third kappa shape index (κ3) is 2.88. The largest absolute Gasteiger partial charge is 0.494 e. The molecule has 32 heavy (non-hydrogen) atoms. The standard InChI is InChI=1S/C22H22F3N3O4/c1-10(2)17(29)27-14-8-20(3)15-16(21(14,4)32-20)19(31)28(18(15)30)12-6-5-11(9-26)13(7-12)22(23,24)25/h5-7,10,14,30-31H,8H2,1-4H3,(H,27,29)/t14-,20?,21?/m1/s1. The van der Waals surface area contributed by atoms with Gasteiger partial charge in [-0.1, -0.05) is 13.8 Å². The molecule has 2 bridgehead atoms. The van der Waals surface area contributed by atoms with Crippen molar-refractivity contribution in [2.45, 2.75) is 57.5 Å². The van der Waals surface area contributed by atoms with Gasteiger partial charge in [-0.2, -0.15) is 18.4 Å². The lowest BCUT2D eigenvalue weighted by molar-refractivity contribution is -0.137. The monoisotopic (exact) mass is 449 g/mol. The van der Waals surface area contributed by atoms with E-state index in [0.29, 0.717) is 12.5 Å². The number of aromatic nitrogens is 1. The molecule has 0 saturated carbocycles. The van der Waals surface area contributed by atoms with Crippen LogP contribution in [0, 0.1) is 17.2 Å². The smallest absolute Gasteiger partial charge is 0.417 e. The Kier molecular flexibility index (Phi) is 4.58. The number of benzene rings is 1. The second kappa shape index (κ2) is 6.65. The average Bonchev–Trinajstić information content (AvgIpc) is 3.21. The number of fused-ring (bicyclic) bond motifs is 5. The van der Waals surface area contributed by atoms with Crippen LogP contribution in [-0.2, 0) is 26.9 Å². The molecule has 1 aromatic carbocycles. The molecule has 0 spiro atoms. The van der Waals surface area contributed by atoms with Crippen molar-refractivity contribution >= 4 is 5.91 Å². The van der Waals surface area contributed by atoms with Crippen LogP contribution in [0.3, 0.4) is 0 Å². The molecule has 1 aromatic heterocycles. The molecule has 10 heteroatoms. The van der Waals surface area contributed by atoms with Gasteiger partial charge in [0.05, 0.1) is 45.7 Å². The molecule has 170 valence electrons. The van der Waals surface area contributed by atoms with Crippen molar-refractivity contribution in [3.05, 3.63) is 40.5 Å². The summed E-state index contributed by atoms with van der Waals surface area (Å²) in [6.07, 6.45) is -4.48. The van der Waals surface area contributed by atoms with E-state index < -0.39 is 46.3 Å². The average molecular weight is 449 g/mol. The fourth-order valence-corrected chi connectivity index (χ4v) is 4.84. The molecule has 7 nitrogen and oxygen atoms in total. The Bertz CT molecular complexity index is 1180. The Morgan fingerprint density at radius 1 is 1.28 bits per heavy atom. The van der Waals surface area contributed by atoms with Crippen molar-refractivity contribution in [1.82, 2.24) is 9.88 Å². The number of amides is 1. The van der Waals surface area contributed by atoms with Crippen molar-refractivity contribution in [3.63, 3.8) is 0 Å². The quantitative estimate of drug-likeness (QED) is 0.661. The number of hydrogen-bond donors (Lipinski definition) is 3. The Hall–Kier alpha value is -3.19. The van der Waals surface area contributed by atoms with Crippen LogP contribution in [0.25, 0.3) is 5.69 Å². The first-order valence-electron chi connectivity index (χ1n) is 10.0. The van der Waals surface area contributed by atoms with Crippen molar-refractivity contribution < 1.29 is 32.9 Å². The topological polar surface area (TPSA) is 108 Å². The molecular weight excluding hydrogens is 427 g/mol. The highest BCUT2D eigenvalue weighted by atomic mass is 19.4. The van der Waals surface area contributed by atoms with Gasteiger partial charge in [0.15, 0.2) is 0 Å². The molecule has 2 unspecified atom stereocenters. The summed E-state index contributed by atoms with van der Waals surface area (Å²) in [7, 11) is 0. The molecule has 2 aliphatic heterocycles. The van der Waals surface area contributed by atoms with Crippen LogP contribution in [0.2, 0.25) is 0 Å². The highest BCUT2D eigenvalue weighted by Crippen LogP contribution is 2.64. The lowest BCUT2D eigenvalue weighted by atomic mass is 9.76. The minimum atomic E-state index is -4.80. The van der Waals surface area contributed by atoms with Gasteiger partial charge in [0.2, 0.25) is 17.7 Å². The Morgan fingerprint density at radius 3 is 2.47 bits per heavy atom. The van der Waals surface area contributed by atoms with Crippen molar-refractivity contribution in [1.29, 1.82) is 5.26 Å². The summed E-state index contributed by atoms with van der Waals surface area (Å²) in [6.45, 7) is 6.84. The molecule has 3 heterocycles. The first kappa shape index (κ1) is 22.0. The highest BCUT2D eigenvalue weighted by molar-refractivity contribution is 5.79. The Morgan fingerprint density at radius 2 is 1.91 bits per heavy atom.